The van der Waals surface area contributed by atoms with Gasteiger partial charge in [0, 0.05) is 10.6 Å². The van der Waals surface area contributed by atoms with Crippen LogP contribution >= 0.6 is 11.6 Å². The molecule has 0 radical (unpaired) electrons. The molecule has 0 saturated carbocycles. The van der Waals surface area contributed by atoms with Crippen molar-refractivity contribution in [1.82, 2.24) is 9.97 Å². The zero-order valence-electron chi connectivity index (χ0n) is 19.8. The molecule has 4 aromatic rings. The Kier molecular flexibility index (Phi) is 7.54. The van der Waals surface area contributed by atoms with Crippen molar-refractivity contribution in [1.29, 1.82) is 5.26 Å². The van der Waals surface area contributed by atoms with Gasteiger partial charge in [0.15, 0.2) is 11.5 Å². The van der Waals surface area contributed by atoms with E-state index in [1.165, 1.54) is 0 Å². The van der Waals surface area contributed by atoms with Gasteiger partial charge in [-0.05, 0) is 79.4 Å². The Morgan fingerprint density at radius 2 is 1.94 bits per heavy atom. The van der Waals surface area contributed by atoms with Crippen LogP contribution in [0.4, 0.5) is 0 Å². The maximum atomic E-state index is 9.89. The van der Waals surface area contributed by atoms with Crippen LogP contribution in [-0.2, 0) is 13.0 Å². The standard InChI is InChI=1S/C29H26ClN3O2/c1-4-6-22-14-21(15-23(17-31)29-32-25-12-7-19(3)13-26(25)33-29)16-27(34-5-2)28(22)35-18-20-8-10-24(30)11-9-20/h4,7-16H,1,5-6,18H2,2-3H3,(H,32,33)/b23-15-. The lowest BCUT2D eigenvalue weighted by molar-refractivity contribution is 0.267. The Bertz CT molecular complexity index is 1430. The van der Waals surface area contributed by atoms with E-state index in [-0.39, 0.29) is 0 Å². The average Bonchev–Trinajstić information content (AvgIpc) is 3.26. The van der Waals surface area contributed by atoms with Crippen molar-refractivity contribution >= 4 is 34.3 Å². The number of nitrogens with one attached hydrogen (secondary N) is 1. The monoisotopic (exact) mass is 483 g/mol. The molecular weight excluding hydrogens is 458 g/mol. The number of imidazole rings is 1. The van der Waals surface area contributed by atoms with Crippen molar-refractivity contribution in [3.05, 3.63) is 100 Å². The number of ether oxygens (including phenoxy) is 2. The van der Waals surface area contributed by atoms with Crippen LogP contribution in [0.2, 0.25) is 5.02 Å². The van der Waals surface area contributed by atoms with E-state index in [0.29, 0.717) is 47.6 Å². The third kappa shape index (κ3) is 5.74. The topological polar surface area (TPSA) is 70.9 Å². The largest absolute Gasteiger partial charge is 0.490 e. The summed E-state index contributed by atoms with van der Waals surface area (Å²) in [7, 11) is 0. The second-order valence-corrected chi connectivity index (χ2v) is 8.56. The van der Waals surface area contributed by atoms with Crippen LogP contribution in [0.3, 0.4) is 0 Å². The summed E-state index contributed by atoms with van der Waals surface area (Å²) >= 11 is 6.00. The van der Waals surface area contributed by atoms with Gasteiger partial charge in [0.25, 0.3) is 0 Å². The Morgan fingerprint density at radius 3 is 2.66 bits per heavy atom. The smallest absolute Gasteiger partial charge is 0.165 e. The summed E-state index contributed by atoms with van der Waals surface area (Å²) < 4.78 is 12.1. The predicted molar refractivity (Wildman–Crippen MR) is 142 cm³/mol. The van der Waals surface area contributed by atoms with E-state index in [1.54, 1.807) is 0 Å². The molecule has 0 unspecified atom stereocenters. The summed E-state index contributed by atoms with van der Waals surface area (Å²) in [4.78, 5) is 7.86. The Morgan fingerprint density at radius 1 is 1.14 bits per heavy atom. The molecule has 0 aliphatic heterocycles. The number of halogens is 1. The minimum absolute atomic E-state index is 0.373. The summed E-state index contributed by atoms with van der Waals surface area (Å²) in [5.41, 5.74) is 6.01. The molecule has 5 nitrogen and oxygen atoms in total. The fourth-order valence-electron chi connectivity index (χ4n) is 3.81. The summed E-state index contributed by atoms with van der Waals surface area (Å²) in [6.07, 6.45) is 4.21. The molecule has 1 N–H and O–H groups in total. The van der Waals surface area contributed by atoms with Crippen LogP contribution in [0.5, 0.6) is 11.5 Å². The minimum atomic E-state index is 0.373. The van der Waals surface area contributed by atoms with Crippen LogP contribution in [0.15, 0.2) is 67.3 Å². The van der Waals surface area contributed by atoms with Crippen molar-refractivity contribution in [2.24, 2.45) is 0 Å². The van der Waals surface area contributed by atoms with E-state index in [2.05, 4.69) is 22.6 Å². The number of hydrogen-bond donors (Lipinski definition) is 1. The van der Waals surface area contributed by atoms with Crippen LogP contribution in [0, 0.1) is 18.3 Å². The van der Waals surface area contributed by atoms with E-state index in [9.17, 15) is 5.26 Å². The maximum absolute atomic E-state index is 9.89. The number of nitriles is 1. The van der Waals surface area contributed by atoms with Crippen LogP contribution in [-0.4, -0.2) is 16.6 Å². The SMILES string of the molecule is C=CCc1cc(/C=C(/C#N)c2nc3ccc(C)cc3[nH]2)cc(OCC)c1OCc1ccc(Cl)cc1. The molecule has 6 heteroatoms. The first-order valence-corrected chi connectivity index (χ1v) is 11.7. The Hall–Kier alpha value is -4.01. The molecule has 0 aliphatic rings. The van der Waals surface area contributed by atoms with Crippen molar-refractivity contribution in [2.45, 2.75) is 26.9 Å². The lowest BCUT2D eigenvalue weighted by atomic mass is 10.0. The van der Waals surface area contributed by atoms with Gasteiger partial charge in [0.05, 0.1) is 23.2 Å². The van der Waals surface area contributed by atoms with Gasteiger partial charge in [0.1, 0.15) is 18.5 Å². The Balaban J connectivity index is 1.71. The van der Waals surface area contributed by atoms with Crippen LogP contribution in [0.1, 0.15) is 35.0 Å². The lowest BCUT2D eigenvalue weighted by Crippen LogP contribution is -2.03. The number of nitrogens with zero attached hydrogens (tertiary/aromatic N) is 2. The van der Waals surface area contributed by atoms with Gasteiger partial charge in [-0.25, -0.2) is 4.98 Å². The van der Waals surface area contributed by atoms with Gasteiger partial charge >= 0.3 is 0 Å². The first-order chi connectivity index (χ1) is 17.0. The molecule has 0 saturated heterocycles. The van der Waals surface area contributed by atoms with Gasteiger partial charge in [0.2, 0.25) is 0 Å². The average molecular weight is 484 g/mol. The lowest BCUT2D eigenvalue weighted by Gasteiger charge is -2.17. The van der Waals surface area contributed by atoms with E-state index >= 15 is 0 Å². The number of fused-ring (bicyclic) bond motifs is 1. The van der Waals surface area contributed by atoms with Gasteiger partial charge in [-0.3, -0.25) is 0 Å². The number of aryl methyl sites for hydroxylation is 1. The molecule has 0 aliphatic carbocycles. The molecule has 0 amide bonds. The Labute approximate surface area is 210 Å². The normalized spacial score (nSPS) is 11.3. The van der Waals surface area contributed by atoms with E-state index in [0.717, 1.165) is 33.3 Å². The molecule has 35 heavy (non-hydrogen) atoms. The number of benzene rings is 3. The molecule has 1 aromatic heterocycles. The third-order valence-corrected chi connectivity index (χ3v) is 5.69. The van der Waals surface area contributed by atoms with Gasteiger partial charge in [-0.2, -0.15) is 5.26 Å². The molecule has 0 bridgehead atoms. The van der Waals surface area contributed by atoms with Gasteiger partial charge in [-0.15, -0.1) is 6.58 Å². The highest BCUT2D eigenvalue weighted by atomic mass is 35.5. The number of rotatable bonds is 9. The summed E-state index contributed by atoms with van der Waals surface area (Å²) in [5.74, 6) is 1.81. The molecule has 0 atom stereocenters. The maximum Gasteiger partial charge on any atom is 0.165 e. The molecule has 0 spiro atoms. The minimum Gasteiger partial charge on any atom is -0.490 e. The van der Waals surface area contributed by atoms with Crippen molar-refractivity contribution in [3.63, 3.8) is 0 Å². The molecule has 1 heterocycles. The van der Waals surface area contributed by atoms with Crippen molar-refractivity contribution in [3.8, 4) is 17.6 Å². The molecule has 0 fully saturated rings. The van der Waals surface area contributed by atoms with E-state index in [1.807, 2.05) is 80.6 Å². The van der Waals surface area contributed by atoms with Crippen molar-refractivity contribution in [2.75, 3.05) is 6.61 Å². The zero-order chi connectivity index (χ0) is 24.8. The van der Waals surface area contributed by atoms with E-state index < -0.39 is 0 Å². The summed E-state index contributed by atoms with van der Waals surface area (Å²) in [6.45, 7) is 8.69. The first-order valence-electron chi connectivity index (χ1n) is 11.4. The molecular formula is C29H26ClN3O2. The van der Waals surface area contributed by atoms with Gasteiger partial charge < -0.3 is 14.5 Å². The molecule has 176 valence electrons. The fraction of sp³-hybridized carbons (Fsp3) is 0.172. The second kappa shape index (κ2) is 10.9. The second-order valence-electron chi connectivity index (χ2n) is 8.12. The molecule has 3 aromatic carbocycles. The number of aromatic amines is 1. The van der Waals surface area contributed by atoms with E-state index in [4.69, 9.17) is 21.1 Å². The number of allylic oxidation sites excluding steroid dienone is 2. The first kappa shape index (κ1) is 24.1. The quantitative estimate of drug-likeness (QED) is 0.200. The highest BCUT2D eigenvalue weighted by Gasteiger charge is 2.15. The summed E-state index contributed by atoms with van der Waals surface area (Å²) in [6, 6.07) is 19.7. The predicted octanol–water partition coefficient (Wildman–Crippen LogP) is 7.30. The fourth-order valence-corrected chi connectivity index (χ4v) is 3.93. The number of hydrogen-bond acceptors (Lipinski definition) is 4. The van der Waals surface area contributed by atoms with Gasteiger partial charge in [-0.1, -0.05) is 35.9 Å². The number of H-pyrrole nitrogens is 1. The van der Waals surface area contributed by atoms with Crippen molar-refractivity contribution < 1.29 is 9.47 Å². The zero-order valence-corrected chi connectivity index (χ0v) is 20.5. The number of aromatic nitrogens is 2. The highest BCUT2D eigenvalue weighted by Crippen LogP contribution is 2.36. The molecule has 4 rings (SSSR count). The van der Waals surface area contributed by atoms with Crippen LogP contribution < -0.4 is 9.47 Å². The highest BCUT2D eigenvalue weighted by molar-refractivity contribution is 6.30. The third-order valence-electron chi connectivity index (χ3n) is 5.44. The van der Waals surface area contributed by atoms with Crippen LogP contribution in [0.25, 0.3) is 22.7 Å². The summed E-state index contributed by atoms with van der Waals surface area (Å²) in [5, 5.41) is 10.6.